The zero-order valence-electron chi connectivity index (χ0n) is 17.7. The molecular formula is C25H21F3N2O3. The molecule has 1 amide bonds. The van der Waals surface area contributed by atoms with Crippen LogP contribution < -0.4 is 10.1 Å². The Morgan fingerprint density at radius 1 is 1.09 bits per heavy atom. The Kier molecular flexibility index (Phi) is 6.37. The number of amides is 1. The van der Waals surface area contributed by atoms with Crippen molar-refractivity contribution in [1.29, 1.82) is 0 Å². The van der Waals surface area contributed by atoms with E-state index in [1.54, 1.807) is 0 Å². The second-order valence-electron chi connectivity index (χ2n) is 7.58. The van der Waals surface area contributed by atoms with Crippen molar-refractivity contribution in [1.82, 2.24) is 10.3 Å². The van der Waals surface area contributed by atoms with Crippen LogP contribution in [0.2, 0.25) is 0 Å². The predicted molar refractivity (Wildman–Crippen MR) is 119 cm³/mol. The fourth-order valence-electron chi connectivity index (χ4n) is 3.79. The molecule has 0 radical (unpaired) electrons. The maximum absolute atomic E-state index is 13.9. The molecule has 0 aliphatic carbocycles. The van der Waals surface area contributed by atoms with E-state index in [-0.39, 0.29) is 23.3 Å². The number of hydrogen-bond acceptors (Lipinski definition) is 3. The average Bonchev–Trinajstić information content (AvgIpc) is 3.24. The topological polar surface area (TPSA) is 74.3 Å². The minimum Gasteiger partial charge on any atom is -0.497 e. The molecule has 0 aliphatic rings. The number of carbonyl (C=O) groups is 1. The van der Waals surface area contributed by atoms with E-state index in [4.69, 9.17) is 4.74 Å². The van der Waals surface area contributed by atoms with Crippen LogP contribution in [0.15, 0.2) is 60.8 Å². The molecule has 4 aromatic rings. The van der Waals surface area contributed by atoms with Crippen LogP contribution in [0.1, 0.15) is 15.9 Å². The summed E-state index contributed by atoms with van der Waals surface area (Å²) < 4.78 is 46.4. The number of benzene rings is 3. The van der Waals surface area contributed by atoms with E-state index in [0.717, 1.165) is 28.6 Å². The Bertz CT molecular complexity index is 1300. The first-order valence-corrected chi connectivity index (χ1v) is 10.2. The largest absolute Gasteiger partial charge is 0.497 e. The van der Waals surface area contributed by atoms with Gasteiger partial charge in [-0.3, -0.25) is 4.79 Å². The van der Waals surface area contributed by atoms with Crippen molar-refractivity contribution >= 4 is 16.8 Å². The summed E-state index contributed by atoms with van der Waals surface area (Å²) in [6.07, 6.45) is 2.18. The highest BCUT2D eigenvalue weighted by Gasteiger charge is 2.21. The lowest BCUT2D eigenvalue weighted by Gasteiger charge is -2.18. The number of methoxy groups -OCH3 is 1. The van der Waals surface area contributed by atoms with Crippen LogP contribution in [0.5, 0.6) is 5.75 Å². The Labute approximate surface area is 187 Å². The summed E-state index contributed by atoms with van der Waals surface area (Å²) in [5.41, 5.74) is 2.09. The van der Waals surface area contributed by atoms with E-state index < -0.39 is 29.4 Å². The number of aromatic amines is 1. The van der Waals surface area contributed by atoms with E-state index in [1.165, 1.54) is 25.3 Å². The van der Waals surface area contributed by atoms with Crippen LogP contribution >= 0.6 is 0 Å². The predicted octanol–water partition coefficient (Wildman–Crippen LogP) is 4.59. The number of H-pyrrole nitrogens is 1. The second-order valence-corrected chi connectivity index (χ2v) is 7.58. The number of carbonyl (C=O) groups excluding carboxylic acids is 1. The molecule has 3 aromatic carbocycles. The van der Waals surface area contributed by atoms with Gasteiger partial charge in [-0.25, -0.2) is 13.2 Å². The van der Waals surface area contributed by atoms with Gasteiger partial charge in [0.2, 0.25) is 0 Å². The first-order valence-electron chi connectivity index (χ1n) is 10.2. The van der Waals surface area contributed by atoms with Gasteiger partial charge in [-0.05, 0) is 59.5 Å². The first kappa shape index (κ1) is 22.4. The van der Waals surface area contributed by atoms with Gasteiger partial charge in [-0.1, -0.05) is 18.2 Å². The smallest absolute Gasteiger partial charge is 0.252 e. The number of fused-ring (bicyclic) bond motifs is 1. The summed E-state index contributed by atoms with van der Waals surface area (Å²) in [6.45, 7) is -0.323. The number of aromatic nitrogens is 1. The van der Waals surface area contributed by atoms with Gasteiger partial charge in [0.05, 0.1) is 19.8 Å². The molecule has 0 saturated heterocycles. The molecule has 33 heavy (non-hydrogen) atoms. The summed E-state index contributed by atoms with van der Waals surface area (Å²) in [5, 5.41) is 13.6. The molecule has 0 spiro atoms. The molecule has 1 heterocycles. The normalized spacial score (nSPS) is 12.0. The number of rotatable bonds is 7. The van der Waals surface area contributed by atoms with Crippen LogP contribution in [0, 0.1) is 17.5 Å². The molecule has 5 nitrogen and oxygen atoms in total. The monoisotopic (exact) mass is 454 g/mol. The molecule has 8 heteroatoms. The highest BCUT2D eigenvalue weighted by Crippen LogP contribution is 2.30. The molecule has 0 bridgehead atoms. The van der Waals surface area contributed by atoms with Crippen LogP contribution in [0.25, 0.3) is 22.0 Å². The molecule has 1 atom stereocenters. The highest BCUT2D eigenvalue weighted by molar-refractivity contribution is 6.01. The molecule has 4 rings (SSSR count). The Hall–Kier alpha value is -3.78. The quantitative estimate of drug-likeness (QED) is 0.358. The van der Waals surface area contributed by atoms with Crippen LogP contribution in [-0.4, -0.2) is 35.8 Å². The summed E-state index contributed by atoms with van der Waals surface area (Å²) in [4.78, 5) is 16.3. The van der Waals surface area contributed by atoms with E-state index in [9.17, 15) is 23.1 Å². The van der Waals surface area contributed by atoms with Gasteiger partial charge in [0.1, 0.15) is 5.75 Å². The number of halogens is 3. The molecule has 0 fully saturated rings. The average molecular weight is 454 g/mol. The molecule has 1 aromatic heterocycles. The summed E-state index contributed by atoms with van der Waals surface area (Å²) >= 11 is 0. The summed E-state index contributed by atoms with van der Waals surface area (Å²) in [5.74, 6) is -4.54. The van der Waals surface area contributed by atoms with Crippen molar-refractivity contribution in [2.24, 2.45) is 0 Å². The molecule has 0 saturated carbocycles. The number of para-hydroxylation sites is 1. The number of aliphatic hydroxyl groups is 1. The van der Waals surface area contributed by atoms with Gasteiger partial charge in [0.25, 0.3) is 5.91 Å². The minimum atomic E-state index is -1.59. The fraction of sp³-hybridized carbons (Fsp3) is 0.160. The van der Waals surface area contributed by atoms with E-state index in [1.807, 2.05) is 30.5 Å². The number of aliphatic hydroxyl groups excluding tert-OH is 1. The van der Waals surface area contributed by atoms with Gasteiger partial charge in [0, 0.05) is 22.7 Å². The van der Waals surface area contributed by atoms with Gasteiger partial charge < -0.3 is 20.1 Å². The van der Waals surface area contributed by atoms with E-state index in [0.29, 0.717) is 12.2 Å². The summed E-state index contributed by atoms with van der Waals surface area (Å²) in [6, 6.07) is 13.1. The number of nitrogens with one attached hydrogen (secondary N) is 2. The maximum Gasteiger partial charge on any atom is 0.252 e. The maximum atomic E-state index is 13.9. The van der Waals surface area contributed by atoms with Crippen molar-refractivity contribution < 1.29 is 27.8 Å². The van der Waals surface area contributed by atoms with Crippen LogP contribution in [0.4, 0.5) is 13.2 Å². The standard InChI is InChI=1S/C25H21F3N2O3/c1-33-17-6-7-19(20(11-17)14-9-21(26)24(28)22(27)10-14)25(32)30-16(13-31)8-15-12-29-23-5-3-2-4-18(15)23/h2-7,9-12,16,29,31H,8,13H2,1H3,(H,30,32)/t16-/m1/s1. The van der Waals surface area contributed by atoms with Gasteiger partial charge in [-0.2, -0.15) is 0 Å². The lowest BCUT2D eigenvalue weighted by molar-refractivity contribution is 0.0917. The number of hydrogen-bond donors (Lipinski definition) is 3. The lowest BCUT2D eigenvalue weighted by Crippen LogP contribution is -2.39. The SMILES string of the molecule is COc1ccc(C(=O)N[C@@H](CO)Cc2c[nH]c3ccccc23)c(-c2cc(F)c(F)c(F)c2)c1. The van der Waals surface area contributed by atoms with Crippen molar-refractivity contribution in [3.63, 3.8) is 0 Å². The highest BCUT2D eigenvalue weighted by atomic mass is 19.2. The molecule has 170 valence electrons. The van der Waals surface area contributed by atoms with Crippen LogP contribution in [-0.2, 0) is 6.42 Å². The minimum absolute atomic E-state index is 0.0207. The Morgan fingerprint density at radius 3 is 2.52 bits per heavy atom. The Morgan fingerprint density at radius 2 is 1.82 bits per heavy atom. The van der Waals surface area contributed by atoms with Gasteiger partial charge >= 0.3 is 0 Å². The Balaban J connectivity index is 1.64. The number of ether oxygens (including phenoxy) is 1. The zero-order valence-corrected chi connectivity index (χ0v) is 17.7. The van der Waals surface area contributed by atoms with E-state index >= 15 is 0 Å². The van der Waals surface area contributed by atoms with Gasteiger partial charge in [-0.15, -0.1) is 0 Å². The lowest BCUT2D eigenvalue weighted by atomic mass is 9.97. The van der Waals surface area contributed by atoms with Gasteiger partial charge in [0.15, 0.2) is 17.5 Å². The van der Waals surface area contributed by atoms with E-state index in [2.05, 4.69) is 10.3 Å². The third-order valence-electron chi connectivity index (χ3n) is 5.46. The zero-order chi connectivity index (χ0) is 23.5. The third kappa shape index (κ3) is 4.56. The fourth-order valence-corrected chi connectivity index (χ4v) is 3.79. The van der Waals surface area contributed by atoms with Crippen molar-refractivity contribution in [2.75, 3.05) is 13.7 Å². The molecule has 0 aliphatic heterocycles. The third-order valence-corrected chi connectivity index (χ3v) is 5.46. The van der Waals surface area contributed by atoms with Crippen molar-refractivity contribution in [3.05, 3.63) is 89.4 Å². The van der Waals surface area contributed by atoms with Crippen molar-refractivity contribution in [2.45, 2.75) is 12.5 Å². The molecule has 3 N–H and O–H groups in total. The van der Waals surface area contributed by atoms with Crippen molar-refractivity contribution in [3.8, 4) is 16.9 Å². The first-order chi connectivity index (χ1) is 15.9. The second kappa shape index (κ2) is 9.38. The molecular weight excluding hydrogens is 433 g/mol. The van der Waals surface area contributed by atoms with Crippen LogP contribution in [0.3, 0.4) is 0 Å². The summed E-state index contributed by atoms with van der Waals surface area (Å²) in [7, 11) is 1.41. The molecule has 0 unspecified atom stereocenters.